The Morgan fingerprint density at radius 3 is 2.87 bits per heavy atom. The highest BCUT2D eigenvalue weighted by atomic mass is 32.1. The van der Waals surface area contributed by atoms with E-state index in [1.165, 1.54) is 0 Å². The predicted molar refractivity (Wildman–Crippen MR) is 60.2 cm³/mol. The third-order valence-corrected chi connectivity index (χ3v) is 3.26. The lowest BCUT2D eigenvalue weighted by molar-refractivity contribution is -0.119. The van der Waals surface area contributed by atoms with Gasteiger partial charge in [0.15, 0.2) is 0 Å². The van der Waals surface area contributed by atoms with E-state index in [0.717, 1.165) is 10.6 Å². The van der Waals surface area contributed by atoms with Crippen molar-refractivity contribution < 1.29 is 9.21 Å². The zero-order chi connectivity index (χ0) is 10.7. The van der Waals surface area contributed by atoms with Gasteiger partial charge in [-0.3, -0.25) is 4.79 Å². The van der Waals surface area contributed by atoms with E-state index in [4.69, 9.17) is 4.42 Å². The second kappa shape index (κ2) is 4.45. The lowest BCUT2D eigenvalue weighted by Gasteiger charge is -2.09. The fourth-order valence-electron chi connectivity index (χ4n) is 1.57. The van der Waals surface area contributed by atoms with Crippen LogP contribution < -0.4 is 0 Å². The number of carbonyl (C=O) groups is 1. The summed E-state index contributed by atoms with van der Waals surface area (Å²) in [5.74, 6) is 0.724. The van der Waals surface area contributed by atoms with E-state index < -0.39 is 0 Å². The van der Waals surface area contributed by atoms with Crippen LogP contribution in [0.15, 0.2) is 40.3 Å². The molecule has 0 amide bonds. The SMILES string of the molecule is CCC(=O)C(c1ccco1)c1cccs1. The molecule has 0 N–H and O–H groups in total. The average molecular weight is 220 g/mol. The van der Waals surface area contributed by atoms with Crippen molar-refractivity contribution >= 4 is 17.1 Å². The molecule has 2 aromatic rings. The summed E-state index contributed by atoms with van der Waals surface area (Å²) >= 11 is 1.59. The normalized spacial score (nSPS) is 12.6. The van der Waals surface area contributed by atoms with Gasteiger partial charge < -0.3 is 4.42 Å². The molecule has 0 saturated carbocycles. The Bertz CT molecular complexity index is 380. The van der Waals surface area contributed by atoms with Crippen molar-refractivity contribution in [2.24, 2.45) is 0 Å². The van der Waals surface area contributed by atoms with Crippen molar-refractivity contribution in [3.63, 3.8) is 0 Å². The largest absolute Gasteiger partial charge is 0.468 e. The molecular weight excluding hydrogens is 208 g/mol. The van der Waals surface area contributed by atoms with Crippen LogP contribution in [0.1, 0.15) is 29.9 Å². The van der Waals surface area contributed by atoms with E-state index in [1.807, 2.05) is 36.6 Å². The monoisotopic (exact) mass is 220 g/mol. The third kappa shape index (κ3) is 2.02. The smallest absolute Gasteiger partial charge is 0.148 e. The number of rotatable bonds is 4. The summed E-state index contributed by atoms with van der Waals surface area (Å²) in [6.45, 7) is 1.88. The topological polar surface area (TPSA) is 30.2 Å². The molecule has 0 aliphatic heterocycles. The first-order valence-electron chi connectivity index (χ1n) is 4.92. The van der Waals surface area contributed by atoms with Crippen molar-refractivity contribution in [2.45, 2.75) is 19.3 Å². The number of thiophene rings is 1. The van der Waals surface area contributed by atoms with Crippen LogP contribution in [0.4, 0.5) is 0 Å². The molecule has 2 nitrogen and oxygen atoms in total. The number of Topliss-reactive ketones (excluding diaryl/α,β-unsaturated/α-hetero) is 1. The van der Waals surface area contributed by atoms with Crippen LogP contribution in [-0.4, -0.2) is 5.78 Å². The molecule has 1 unspecified atom stereocenters. The second-order valence-corrected chi connectivity index (χ2v) is 4.26. The van der Waals surface area contributed by atoms with E-state index in [0.29, 0.717) is 6.42 Å². The molecule has 0 aliphatic rings. The van der Waals surface area contributed by atoms with Crippen LogP contribution in [-0.2, 0) is 4.79 Å². The van der Waals surface area contributed by atoms with Crippen molar-refractivity contribution in [1.82, 2.24) is 0 Å². The van der Waals surface area contributed by atoms with Crippen LogP contribution in [0.3, 0.4) is 0 Å². The van der Waals surface area contributed by atoms with Gasteiger partial charge in [-0.05, 0) is 23.6 Å². The lowest BCUT2D eigenvalue weighted by atomic mass is 9.97. The minimum absolute atomic E-state index is 0.201. The van der Waals surface area contributed by atoms with Crippen molar-refractivity contribution in [2.75, 3.05) is 0 Å². The molecule has 2 aromatic heterocycles. The van der Waals surface area contributed by atoms with Crippen molar-refractivity contribution in [1.29, 1.82) is 0 Å². The van der Waals surface area contributed by atoms with Crippen LogP contribution in [0.2, 0.25) is 0 Å². The van der Waals surface area contributed by atoms with Gasteiger partial charge in [0.05, 0.1) is 6.26 Å². The fraction of sp³-hybridized carbons (Fsp3) is 0.250. The van der Waals surface area contributed by atoms with Crippen molar-refractivity contribution in [3.05, 3.63) is 46.5 Å². The zero-order valence-electron chi connectivity index (χ0n) is 8.47. The Labute approximate surface area is 92.5 Å². The summed E-state index contributed by atoms with van der Waals surface area (Å²) in [6, 6.07) is 7.61. The standard InChI is InChI=1S/C12H12O2S/c1-2-9(13)12(10-5-3-7-14-10)11-6-4-8-15-11/h3-8,12H,2H2,1H3. The van der Waals surface area contributed by atoms with Gasteiger partial charge in [0.25, 0.3) is 0 Å². The third-order valence-electron chi connectivity index (χ3n) is 2.33. The number of carbonyl (C=O) groups excluding carboxylic acids is 1. The quantitative estimate of drug-likeness (QED) is 0.790. The fourth-order valence-corrected chi connectivity index (χ4v) is 2.43. The van der Waals surface area contributed by atoms with E-state index in [2.05, 4.69) is 0 Å². The summed E-state index contributed by atoms with van der Waals surface area (Å²) < 4.78 is 5.33. The van der Waals surface area contributed by atoms with E-state index in [9.17, 15) is 4.79 Å². The molecular formula is C12H12O2S. The molecule has 0 aromatic carbocycles. The molecule has 0 saturated heterocycles. The Hall–Kier alpha value is -1.35. The van der Waals surface area contributed by atoms with Crippen LogP contribution in [0.25, 0.3) is 0 Å². The first-order valence-corrected chi connectivity index (χ1v) is 5.80. The first-order chi connectivity index (χ1) is 7.33. The molecule has 0 bridgehead atoms. The lowest BCUT2D eigenvalue weighted by Crippen LogP contribution is -2.10. The Kier molecular flexibility index (Phi) is 3.02. The van der Waals surface area contributed by atoms with E-state index >= 15 is 0 Å². The summed E-state index contributed by atoms with van der Waals surface area (Å²) in [4.78, 5) is 12.9. The highest BCUT2D eigenvalue weighted by molar-refractivity contribution is 7.10. The maximum Gasteiger partial charge on any atom is 0.148 e. The van der Waals surface area contributed by atoms with E-state index in [1.54, 1.807) is 17.6 Å². The number of ketones is 1. The molecule has 0 radical (unpaired) electrons. The molecule has 0 fully saturated rings. The predicted octanol–water partition coefficient (Wildman–Crippen LogP) is 3.45. The average Bonchev–Trinajstić information content (AvgIpc) is 2.90. The molecule has 0 aliphatic carbocycles. The van der Waals surface area contributed by atoms with Gasteiger partial charge in [-0.1, -0.05) is 13.0 Å². The van der Waals surface area contributed by atoms with Gasteiger partial charge in [0, 0.05) is 11.3 Å². The molecule has 78 valence electrons. The summed E-state index contributed by atoms with van der Waals surface area (Å²) in [7, 11) is 0. The van der Waals surface area contributed by atoms with Gasteiger partial charge in [-0.25, -0.2) is 0 Å². The van der Waals surface area contributed by atoms with E-state index in [-0.39, 0.29) is 11.7 Å². The molecule has 1 atom stereocenters. The van der Waals surface area contributed by atoms with Crippen LogP contribution >= 0.6 is 11.3 Å². The minimum Gasteiger partial charge on any atom is -0.468 e. The van der Waals surface area contributed by atoms with Gasteiger partial charge >= 0.3 is 0 Å². The van der Waals surface area contributed by atoms with Gasteiger partial charge in [0.1, 0.15) is 17.5 Å². The Morgan fingerprint density at radius 2 is 2.33 bits per heavy atom. The Balaban J connectivity index is 2.37. The maximum atomic E-state index is 11.9. The molecule has 2 heterocycles. The number of hydrogen-bond acceptors (Lipinski definition) is 3. The molecule has 15 heavy (non-hydrogen) atoms. The number of hydrogen-bond donors (Lipinski definition) is 0. The molecule has 0 spiro atoms. The maximum absolute atomic E-state index is 11.9. The second-order valence-electron chi connectivity index (χ2n) is 3.28. The first kappa shape index (κ1) is 10.2. The summed E-state index contributed by atoms with van der Waals surface area (Å²) in [5.41, 5.74) is 0. The van der Waals surface area contributed by atoms with Gasteiger partial charge in [0.2, 0.25) is 0 Å². The Morgan fingerprint density at radius 1 is 1.47 bits per heavy atom. The van der Waals surface area contributed by atoms with Gasteiger partial charge in [-0.15, -0.1) is 11.3 Å². The highest BCUT2D eigenvalue weighted by Crippen LogP contribution is 2.30. The van der Waals surface area contributed by atoms with Crippen LogP contribution in [0.5, 0.6) is 0 Å². The highest BCUT2D eigenvalue weighted by Gasteiger charge is 2.24. The number of furan rings is 1. The molecule has 3 heteroatoms. The van der Waals surface area contributed by atoms with Gasteiger partial charge in [-0.2, -0.15) is 0 Å². The molecule has 2 rings (SSSR count). The zero-order valence-corrected chi connectivity index (χ0v) is 9.29. The summed E-state index contributed by atoms with van der Waals surface area (Å²) in [5, 5.41) is 1.98. The van der Waals surface area contributed by atoms with Crippen molar-refractivity contribution in [3.8, 4) is 0 Å². The minimum atomic E-state index is -0.218. The summed E-state index contributed by atoms with van der Waals surface area (Å²) in [6.07, 6.45) is 2.14. The van der Waals surface area contributed by atoms with Crippen LogP contribution in [0, 0.1) is 0 Å².